The number of anilines is 1. The predicted octanol–water partition coefficient (Wildman–Crippen LogP) is 3.79. The highest BCUT2D eigenvalue weighted by molar-refractivity contribution is 7.91. The topological polar surface area (TPSA) is 156 Å². The second-order valence-corrected chi connectivity index (χ2v) is 11.8. The minimum atomic E-state index is -5.08. The Labute approximate surface area is 228 Å². The Morgan fingerprint density at radius 3 is 2.62 bits per heavy atom. The fourth-order valence-corrected chi connectivity index (χ4v) is 6.72. The van der Waals surface area contributed by atoms with Crippen LogP contribution < -0.4 is 10.5 Å². The van der Waals surface area contributed by atoms with Gasteiger partial charge in [-0.25, -0.2) is 23.2 Å². The maximum atomic E-state index is 12.9. The molecule has 4 N–H and O–H groups in total. The molecular weight excluding hydrogens is 583 g/mol. The summed E-state index contributed by atoms with van der Waals surface area (Å²) in [5.41, 5.74) is 7.53. The number of sulfonamides is 1. The van der Waals surface area contributed by atoms with E-state index in [2.05, 4.69) is 14.7 Å². The number of halogens is 4. The Bertz CT molecular complexity index is 1680. The van der Waals surface area contributed by atoms with Crippen LogP contribution in [0.5, 0.6) is 0 Å². The molecule has 4 aromatic rings. The number of carboxylic acids is 1. The first-order chi connectivity index (χ1) is 18.2. The van der Waals surface area contributed by atoms with E-state index in [1.807, 2.05) is 18.2 Å². The number of amides is 1. The number of alkyl halides is 3. The SMILES string of the molecule is Nc1ncnc2ccc(CN3CC[C@H](NS(=O)(=O)c4cc5ccc(Cl)cc5s4)C3=O)cc12.O=C(O)C(F)(F)F. The first-order valence-corrected chi connectivity index (χ1v) is 13.7. The van der Waals surface area contributed by atoms with Gasteiger partial charge in [-0.15, -0.1) is 11.3 Å². The van der Waals surface area contributed by atoms with Gasteiger partial charge in [0, 0.05) is 28.2 Å². The number of likely N-dealkylation sites (tertiary alicyclic amines) is 1. The van der Waals surface area contributed by atoms with Crippen LogP contribution in [0, 0.1) is 0 Å². The minimum Gasteiger partial charge on any atom is -0.475 e. The third-order valence-electron chi connectivity index (χ3n) is 5.67. The molecule has 2 aromatic carbocycles. The Morgan fingerprint density at radius 1 is 1.21 bits per heavy atom. The number of aromatic nitrogens is 2. The molecule has 2 aromatic heterocycles. The molecule has 39 heavy (non-hydrogen) atoms. The molecule has 0 aliphatic carbocycles. The van der Waals surface area contributed by atoms with E-state index in [-0.39, 0.29) is 10.1 Å². The quantitative estimate of drug-likeness (QED) is 0.312. The monoisotopic (exact) mass is 601 g/mol. The van der Waals surface area contributed by atoms with Crippen LogP contribution in [0.1, 0.15) is 12.0 Å². The molecule has 1 amide bonds. The van der Waals surface area contributed by atoms with Crippen molar-refractivity contribution in [3.8, 4) is 0 Å². The lowest BCUT2D eigenvalue weighted by Gasteiger charge is -2.17. The van der Waals surface area contributed by atoms with Gasteiger partial charge in [-0.05, 0) is 47.7 Å². The first-order valence-electron chi connectivity index (χ1n) is 11.0. The van der Waals surface area contributed by atoms with E-state index < -0.39 is 28.2 Å². The molecule has 1 aliphatic rings. The Morgan fingerprint density at radius 2 is 1.92 bits per heavy atom. The Balaban J connectivity index is 0.000000448. The highest BCUT2D eigenvalue weighted by atomic mass is 35.5. The zero-order valence-corrected chi connectivity index (χ0v) is 22.0. The Kier molecular flexibility index (Phi) is 7.97. The molecule has 0 unspecified atom stereocenters. The number of rotatable bonds is 5. The van der Waals surface area contributed by atoms with Gasteiger partial charge in [0.15, 0.2) is 0 Å². The second-order valence-electron chi connectivity index (χ2n) is 8.38. The fourth-order valence-electron chi connectivity index (χ4n) is 3.81. The van der Waals surface area contributed by atoms with Crippen LogP contribution >= 0.6 is 22.9 Å². The number of benzene rings is 2. The molecule has 206 valence electrons. The largest absolute Gasteiger partial charge is 0.490 e. The smallest absolute Gasteiger partial charge is 0.475 e. The summed E-state index contributed by atoms with van der Waals surface area (Å²) in [5.74, 6) is -2.64. The van der Waals surface area contributed by atoms with Gasteiger partial charge >= 0.3 is 12.1 Å². The van der Waals surface area contributed by atoms with Crippen molar-refractivity contribution in [3.05, 3.63) is 59.4 Å². The molecule has 1 saturated heterocycles. The van der Waals surface area contributed by atoms with Crippen molar-refractivity contribution in [2.45, 2.75) is 29.4 Å². The van der Waals surface area contributed by atoms with Crippen molar-refractivity contribution >= 4 is 71.6 Å². The summed E-state index contributed by atoms with van der Waals surface area (Å²) in [7, 11) is -3.84. The first kappa shape index (κ1) is 28.5. The highest BCUT2D eigenvalue weighted by Gasteiger charge is 2.38. The summed E-state index contributed by atoms with van der Waals surface area (Å²) >= 11 is 7.13. The van der Waals surface area contributed by atoms with Gasteiger partial charge in [0.05, 0.1) is 5.52 Å². The number of hydrogen-bond donors (Lipinski definition) is 3. The highest BCUT2D eigenvalue weighted by Crippen LogP contribution is 2.31. The standard InChI is InChI=1S/C21H18ClN5O3S2.C2HF3O2/c22-14-3-2-13-8-19(31-18(13)9-14)32(29,30)26-17-5-6-27(21(17)28)10-12-1-4-16-15(7-12)20(23)25-11-24-16;3-2(4,5)1(6)7/h1-4,7-9,11,17,26H,5-6,10H2,(H2,23,24,25);(H,6,7)/t17-;/m0./s1. The van der Waals surface area contributed by atoms with Crippen LogP contribution in [-0.2, 0) is 26.2 Å². The van der Waals surface area contributed by atoms with E-state index in [9.17, 15) is 26.4 Å². The molecule has 0 saturated carbocycles. The van der Waals surface area contributed by atoms with Crippen LogP contribution in [0.3, 0.4) is 0 Å². The summed E-state index contributed by atoms with van der Waals surface area (Å²) in [6.07, 6.45) is -3.28. The molecule has 0 bridgehead atoms. The van der Waals surface area contributed by atoms with E-state index in [0.29, 0.717) is 30.4 Å². The van der Waals surface area contributed by atoms with Gasteiger partial charge in [0.25, 0.3) is 10.0 Å². The number of thiophene rings is 1. The predicted molar refractivity (Wildman–Crippen MR) is 139 cm³/mol. The second kappa shape index (κ2) is 10.9. The minimum absolute atomic E-state index is 0.158. The maximum Gasteiger partial charge on any atom is 0.490 e. The maximum absolute atomic E-state index is 12.9. The molecule has 10 nitrogen and oxygen atoms in total. The van der Waals surface area contributed by atoms with Gasteiger partial charge in [0.2, 0.25) is 5.91 Å². The van der Waals surface area contributed by atoms with Gasteiger partial charge in [-0.1, -0.05) is 23.7 Å². The lowest BCUT2D eigenvalue weighted by molar-refractivity contribution is -0.192. The van der Waals surface area contributed by atoms with Crippen LogP contribution in [0.15, 0.2) is 53.0 Å². The normalized spacial score (nSPS) is 15.9. The molecule has 0 spiro atoms. The van der Waals surface area contributed by atoms with Crippen molar-refractivity contribution in [2.24, 2.45) is 0 Å². The lowest BCUT2D eigenvalue weighted by atomic mass is 10.1. The van der Waals surface area contributed by atoms with Crippen molar-refractivity contribution in [3.63, 3.8) is 0 Å². The van der Waals surface area contributed by atoms with E-state index in [0.717, 1.165) is 37.9 Å². The van der Waals surface area contributed by atoms with Crippen molar-refractivity contribution in [1.82, 2.24) is 19.6 Å². The molecule has 0 radical (unpaired) electrons. The average molecular weight is 602 g/mol. The summed E-state index contributed by atoms with van der Waals surface area (Å²) in [4.78, 5) is 31.6. The van der Waals surface area contributed by atoms with Crippen molar-refractivity contribution in [1.29, 1.82) is 0 Å². The number of nitrogens with one attached hydrogen (secondary N) is 1. The van der Waals surface area contributed by atoms with E-state index in [1.54, 1.807) is 29.2 Å². The summed E-state index contributed by atoms with van der Waals surface area (Å²) in [6.45, 7) is 0.801. The van der Waals surface area contributed by atoms with E-state index in [4.69, 9.17) is 27.2 Å². The molecular formula is C23H19ClF3N5O5S2. The molecule has 1 fully saturated rings. The lowest BCUT2D eigenvalue weighted by Crippen LogP contribution is -2.41. The number of nitrogen functional groups attached to an aromatic ring is 1. The van der Waals surface area contributed by atoms with Gasteiger partial charge in [-0.3, -0.25) is 4.79 Å². The summed E-state index contributed by atoms with van der Waals surface area (Å²) < 4.78 is 61.0. The van der Waals surface area contributed by atoms with Crippen molar-refractivity contribution in [2.75, 3.05) is 12.3 Å². The molecule has 3 heterocycles. The van der Waals surface area contributed by atoms with Crippen LogP contribution in [0.4, 0.5) is 19.0 Å². The third-order valence-corrected chi connectivity index (χ3v) is 8.94. The van der Waals surface area contributed by atoms with Crippen LogP contribution in [0.2, 0.25) is 5.02 Å². The molecule has 5 rings (SSSR count). The number of aliphatic carboxylic acids is 1. The average Bonchev–Trinajstić information content (AvgIpc) is 3.43. The molecule has 1 aliphatic heterocycles. The zero-order valence-electron chi connectivity index (χ0n) is 19.6. The van der Waals surface area contributed by atoms with Crippen LogP contribution in [-0.4, -0.2) is 59.0 Å². The Hall–Kier alpha value is -3.53. The van der Waals surface area contributed by atoms with Crippen LogP contribution in [0.25, 0.3) is 21.0 Å². The van der Waals surface area contributed by atoms with Gasteiger partial charge in [0.1, 0.15) is 22.4 Å². The van der Waals surface area contributed by atoms with E-state index in [1.165, 1.54) is 6.33 Å². The molecule has 16 heteroatoms. The van der Waals surface area contributed by atoms with Gasteiger partial charge in [-0.2, -0.15) is 17.9 Å². The number of carbonyl (C=O) groups is 2. The van der Waals surface area contributed by atoms with Crippen molar-refractivity contribution < 1.29 is 36.3 Å². The number of carboxylic acid groups (broad SMARTS) is 1. The zero-order chi connectivity index (χ0) is 28.5. The summed E-state index contributed by atoms with van der Waals surface area (Å²) in [6, 6.07) is 11.6. The summed E-state index contributed by atoms with van der Waals surface area (Å²) in [5, 5.41) is 9.18. The number of nitrogens with zero attached hydrogens (tertiary/aromatic N) is 3. The number of carbonyl (C=O) groups excluding carboxylic acids is 1. The third kappa shape index (κ3) is 6.55. The van der Waals surface area contributed by atoms with Gasteiger partial charge < -0.3 is 15.7 Å². The molecule has 1 atom stereocenters. The fraction of sp³-hybridized carbons (Fsp3) is 0.217. The number of nitrogens with two attached hydrogens (primary N) is 1. The van der Waals surface area contributed by atoms with E-state index >= 15 is 0 Å². The number of fused-ring (bicyclic) bond motifs is 2. The number of hydrogen-bond acceptors (Lipinski definition) is 8.